The predicted octanol–water partition coefficient (Wildman–Crippen LogP) is 1.43. The Bertz CT molecular complexity index is 96.1. The fourth-order valence-electron chi connectivity index (χ4n) is 1.21. The molecule has 0 amide bonds. The van der Waals surface area contributed by atoms with E-state index in [1.165, 1.54) is 12.6 Å². The molecule has 1 fully saturated rings. The van der Waals surface area contributed by atoms with Gasteiger partial charge >= 0.3 is 0 Å². The van der Waals surface area contributed by atoms with Crippen LogP contribution in [0.4, 0.5) is 0 Å². The maximum absolute atomic E-state index is 2.35. The Morgan fingerprint density at radius 2 is 2.67 bits per heavy atom. The molecule has 2 heterocycles. The van der Waals surface area contributed by atoms with Gasteiger partial charge in [-0.15, -0.1) is 0 Å². The Morgan fingerprint density at radius 3 is 2.83 bits per heavy atom. The van der Waals surface area contributed by atoms with Crippen LogP contribution in [0.3, 0.4) is 0 Å². The Hall–Kier alpha value is -0.195. The Morgan fingerprint density at radius 1 is 1.67 bits per heavy atom. The van der Waals surface area contributed by atoms with E-state index in [1.54, 1.807) is 0 Å². The van der Waals surface area contributed by atoms with Crippen LogP contribution in [-0.4, -0.2) is 6.71 Å². The third-order valence-corrected chi connectivity index (χ3v) is 1.80. The van der Waals surface area contributed by atoms with Crippen molar-refractivity contribution in [1.82, 2.24) is 0 Å². The summed E-state index contributed by atoms with van der Waals surface area (Å²) in [5.74, 6) is 1.03. The van der Waals surface area contributed by atoms with Crippen LogP contribution in [0.2, 0.25) is 18.5 Å². The maximum Gasteiger partial charge on any atom is 0.150 e. The quantitative estimate of drug-likeness (QED) is 0.303. The molecule has 0 N–H and O–H groups in total. The zero-order valence-electron chi connectivity index (χ0n) is 3.72. The summed E-state index contributed by atoms with van der Waals surface area (Å²) in [5.41, 5.74) is 0. The second kappa shape index (κ2) is 0.724. The molecule has 0 bridgehead atoms. The molecule has 2 rings (SSSR count). The van der Waals surface area contributed by atoms with Crippen molar-refractivity contribution >= 4 is 6.71 Å². The van der Waals surface area contributed by atoms with Crippen LogP contribution in [0.15, 0.2) is 12.2 Å². The highest BCUT2D eigenvalue weighted by Crippen LogP contribution is 2.45. The zero-order chi connectivity index (χ0) is 3.98. The van der Waals surface area contributed by atoms with Gasteiger partial charge in [0, 0.05) is 0 Å². The number of hydrogen-bond donors (Lipinski definition) is 0. The first-order chi connectivity index (χ1) is 2.97. The van der Waals surface area contributed by atoms with Crippen molar-refractivity contribution < 1.29 is 0 Å². The van der Waals surface area contributed by atoms with E-state index in [0.717, 1.165) is 12.5 Å². The highest BCUT2D eigenvalue weighted by atomic mass is 14.1. The van der Waals surface area contributed by atoms with Gasteiger partial charge in [-0.2, -0.15) is 0 Å². The third kappa shape index (κ3) is 0.215. The lowest BCUT2D eigenvalue weighted by Gasteiger charge is -1.68. The zero-order valence-corrected chi connectivity index (χ0v) is 3.72. The summed E-state index contributed by atoms with van der Waals surface area (Å²) in [4.78, 5) is 0. The summed E-state index contributed by atoms with van der Waals surface area (Å²) in [6, 6.07) is 0. The molecular weight excluding hydrogens is 70.9 g/mol. The Balaban J connectivity index is 2.26. The maximum atomic E-state index is 2.35. The minimum absolute atomic E-state index is 1.03. The van der Waals surface area contributed by atoms with Crippen molar-refractivity contribution in [3.63, 3.8) is 0 Å². The molecule has 0 saturated carbocycles. The summed E-state index contributed by atoms with van der Waals surface area (Å²) in [6.45, 7) is 1.10. The van der Waals surface area contributed by atoms with E-state index in [-0.39, 0.29) is 0 Å². The molecule has 0 nitrogen and oxygen atoms in total. The lowest BCUT2D eigenvalue weighted by molar-refractivity contribution is 1.37. The van der Waals surface area contributed by atoms with E-state index in [0.29, 0.717) is 0 Å². The molecule has 1 saturated heterocycles. The van der Waals surface area contributed by atoms with Gasteiger partial charge in [0.2, 0.25) is 0 Å². The lowest BCUT2D eigenvalue weighted by Crippen LogP contribution is -1.75. The van der Waals surface area contributed by atoms with Crippen LogP contribution >= 0.6 is 0 Å². The van der Waals surface area contributed by atoms with Gasteiger partial charge in [0.05, 0.1) is 0 Å². The highest BCUT2D eigenvalue weighted by Gasteiger charge is 2.40. The second-order valence-electron chi connectivity index (χ2n) is 2.32. The molecule has 1 unspecified atom stereocenters. The van der Waals surface area contributed by atoms with E-state index in [2.05, 4.69) is 12.2 Å². The minimum Gasteiger partial charge on any atom is -0.0961 e. The molecule has 1 heteroatoms. The van der Waals surface area contributed by atoms with Gasteiger partial charge in [0.15, 0.2) is 0 Å². The van der Waals surface area contributed by atoms with E-state index in [1.807, 2.05) is 0 Å². The Kier molecular flexibility index (Phi) is 0.349. The first-order valence-electron chi connectivity index (χ1n) is 2.63. The normalized spacial score (nSPS) is 37.3. The lowest BCUT2D eigenvalue weighted by atomic mass is 9.68. The van der Waals surface area contributed by atoms with Gasteiger partial charge < -0.3 is 0 Å². The molecule has 0 radical (unpaired) electrons. The van der Waals surface area contributed by atoms with Crippen LogP contribution < -0.4 is 0 Å². The van der Waals surface area contributed by atoms with Gasteiger partial charge in [-0.25, -0.2) is 0 Å². The van der Waals surface area contributed by atoms with Crippen LogP contribution in [0.25, 0.3) is 0 Å². The standard InChI is InChI=1S/C5H7B/c1-2-5-4-6(5)3-1/h1-2,5H,3-4H2. The van der Waals surface area contributed by atoms with Crippen molar-refractivity contribution in [2.75, 3.05) is 0 Å². The van der Waals surface area contributed by atoms with Crippen LogP contribution in [0, 0.1) is 0 Å². The number of rotatable bonds is 0. The highest BCUT2D eigenvalue weighted by molar-refractivity contribution is 6.73. The van der Waals surface area contributed by atoms with Gasteiger partial charge in [0.25, 0.3) is 0 Å². The molecule has 2 aliphatic heterocycles. The molecule has 2 aliphatic rings. The first kappa shape index (κ1) is 2.89. The Labute approximate surface area is 38.3 Å². The molecule has 0 aromatic heterocycles. The second-order valence-corrected chi connectivity index (χ2v) is 2.32. The van der Waals surface area contributed by atoms with Gasteiger partial charge in [-0.1, -0.05) is 30.6 Å². The molecule has 30 valence electrons. The average molecular weight is 77.9 g/mol. The SMILES string of the molecule is C1=CC2CB2C1. The summed E-state index contributed by atoms with van der Waals surface area (Å²) >= 11 is 0. The van der Waals surface area contributed by atoms with Gasteiger partial charge in [-0.05, 0) is 0 Å². The number of fused-ring (bicyclic) bond motifs is 1. The number of hydrogen-bond acceptors (Lipinski definition) is 0. The van der Waals surface area contributed by atoms with Gasteiger partial charge in [-0.3, -0.25) is 0 Å². The molecule has 0 aliphatic carbocycles. The summed E-state index contributed by atoms with van der Waals surface area (Å²) in [6.07, 6.45) is 7.53. The molecule has 0 spiro atoms. The number of allylic oxidation sites excluding steroid dienone is 2. The van der Waals surface area contributed by atoms with E-state index in [4.69, 9.17) is 0 Å². The summed E-state index contributed by atoms with van der Waals surface area (Å²) in [7, 11) is 0. The first-order valence-corrected chi connectivity index (χ1v) is 2.63. The molecule has 0 aromatic rings. The van der Waals surface area contributed by atoms with E-state index < -0.39 is 0 Å². The molecule has 6 heavy (non-hydrogen) atoms. The van der Waals surface area contributed by atoms with Crippen LogP contribution in [-0.2, 0) is 0 Å². The van der Waals surface area contributed by atoms with Crippen molar-refractivity contribution in [1.29, 1.82) is 0 Å². The average Bonchev–Trinajstić information content (AvgIpc) is 2.17. The molecule has 0 aromatic carbocycles. The largest absolute Gasteiger partial charge is 0.150 e. The van der Waals surface area contributed by atoms with E-state index >= 15 is 0 Å². The van der Waals surface area contributed by atoms with Crippen molar-refractivity contribution in [3.8, 4) is 0 Å². The van der Waals surface area contributed by atoms with Crippen molar-refractivity contribution in [3.05, 3.63) is 12.2 Å². The van der Waals surface area contributed by atoms with Crippen LogP contribution in [0.1, 0.15) is 0 Å². The predicted molar refractivity (Wildman–Crippen MR) is 28.3 cm³/mol. The summed E-state index contributed by atoms with van der Waals surface area (Å²) in [5, 5.41) is 0. The minimum atomic E-state index is 1.03. The van der Waals surface area contributed by atoms with Crippen molar-refractivity contribution in [2.45, 2.75) is 18.5 Å². The smallest absolute Gasteiger partial charge is 0.0961 e. The monoisotopic (exact) mass is 78.1 g/mol. The summed E-state index contributed by atoms with van der Waals surface area (Å²) < 4.78 is 0. The topological polar surface area (TPSA) is 0 Å². The van der Waals surface area contributed by atoms with Gasteiger partial charge in [0.1, 0.15) is 6.71 Å². The third-order valence-electron chi connectivity index (χ3n) is 1.80. The van der Waals surface area contributed by atoms with E-state index in [9.17, 15) is 0 Å². The molecular formula is C5H7B. The molecule has 1 atom stereocenters. The van der Waals surface area contributed by atoms with Crippen LogP contribution in [0.5, 0.6) is 0 Å². The fraction of sp³-hybridized carbons (Fsp3) is 0.600. The van der Waals surface area contributed by atoms with Crippen molar-refractivity contribution in [2.24, 2.45) is 0 Å². The fourth-order valence-corrected chi connectivity index (χ4v) is 1.21.